The van der Waals surface area contributed by atoms with Gasteiger partial charge in [0.15, 0.2) is 5.76 Å². The average Bonchev–Trinajstić information content (AvgIpc) is 2.68. The molecule has 0 atom stereocenters. The van der Waals surface area contributed by atoms with Crippen LogP contribution in [0.4, 0.5) is 0 Å². The van der Waals surface area contributed by atoms with Crippen molar-refractivity contribution >= 4 is 5.91 Å². The predicted octanol–water partition coefficient (Wildman–Crippen LogP) is 0.717. The summed E-state index contributed by atoms with van der Waals surface area (Å²) in [6.07, 6.45) is 2.45. The molecule has 0 aliphatic heterocycles. The highest BCUT2D eigenvalue weighted by Gasteiger charge is 2.02. The van der Waals surface area contributed by atoms with Crippen molar-refractivity contribution in [2.24, 2.45) is 0 Å². The van der Waals surface area contributed by atoms with Crippen molar-refractivity contribution in [1.82, 2.24) is 10.5 Å². The average molecular weight is 198 g/mol. The van der Waals surface area contributed by atoms with E-state index >= 15 is 0 Å². The first-order valence-electron chi connectivity index (χ1n) is 4.57. The molecule has 14 heavy (non-hydrogen) atoms. The van der Waals surface area contributed by atoms with Crippen LogP contribution in [0, 0.1) is 0 Å². The Labute approximate surface area is 82.4 Å². The normalized spacial score (nSPS) is 10.1. The van der Waals surface area contributed by atoms with E-state index in [2.05, 4.69) is 10.5 Å². The van der Waals surface area contributed by atoms with Crippen molar-refractivity contribution < 1.29 is 14.1 Å². The van der Waals surface area contributed by atoms with Crippen molar-refractivity contribution in [3.05, 3.63) is 18.0 Å². The maximum atomic E-state index is 11.1. The van der Waals surface area contributed by atoms with E-state index in [-0.39, 0.29) is 12.5 Å². The lowest BCUT2D eigenvalue weighted by Crippen LogP contribution is -2.27. The number of ether oxygens (including phenoxy) is 1. The maximum absolute atomic E-state index is 11.1. The summed E-state index contributed by atoms with van der Waals surface area (Å²) in [4.78, 5) is 11.1. The summed E-state index contributed by atoms with van der Waals surface area (Å²) in [6.45, 7) is 3.05. The van der Waals surface area contributed by atoms with Crippen LogP contribution in [0.1, 0.15) is 19.1 Å². The van der Waals surface area contributed by atoms with Gasteiger partial charge in [-0.1, -0.05) is 12.1 Å². The van der Waals surface area contributed by atoms with Crippen molar-refractivity contribution in [2.75, 3.05) is 13.2 Å². The Balaban J connectivity index is 2.09. The van der Waals surface area contributed by atoms with Gasteiger partial charge in [-0.3, -0.25) is 4.79 Å². The fourth-order valence-electron chi connectivity index (χ4n) is 0.879. The van der Waals surface area contributed by atoms with Gasteiger partial charge in [-0.2, -0.15) is 0 Å². The third kappa shape index (κ3) is 4.04. The number of rotatable bonds is 6. The van der Waals surface area contributed by atoms with Gasteiger partial charge in [0.1, 0.15) is 6.61 Å². The third-order valence-corrected chi connectivity index (χ3v) is 1.53. The van der Waals surface area contributed by atoms with Crippen LogP contribution >= 0.6 is 0 Å². The first kappa shape index (κ1) is 10.7. The zero-order chi connectivity index (χ0) is 10.2. The molecule has 5 nitrogen and oxygen atoms in total. The number of carbonyl (C=O) groups is 1. The summed E-state index contributed by atoms with van der Waals surface area (Å²) in [5, 5.41) is 6.16. The van der Waals surface area contributed by atoms with E-state index in [1.807, 2.05) is 6.92 Å². The molecule has 0 fully saturated rings. The zero-order valence-electron chi connectivity index (χ0n) is 8.16. The molecule has 78 valence electrons. The van der Waals surface area contributed by atoms with E-state index in [9.17, 15) is 4.79 Å². The van der Waals surface area contributed by atoms with Crippen LogP contribution in [0.15, 0.2) is 16.8 Å². The number of aromatic nitrogens is 1. The molecule has 0 saturated carbocycles. The van der Waals surface area contributed by atoms with Gasteiger partial charge in [-0.15, -0.1) is 0 Å². The molecule has 0 aliphatic rings. The van der Waals surface area contributed by atoms with Crippen molar-refractivity contribution in [3.8, 4) is 0 Å². The summed E-state index contributed by atoms with van der Waals surface area (Å²) >= 11 is 0. The van der Waals surface area contributed by atoms with Crippen molar-refractivity contribution in [3.63, 3.8) is 0 Å². The number of hydrogen-bond acceptors (Lipinski definition) is 4. The first-order chi connectivity index (χ1) is 6.83. The standard InChI is InChI=1S/C9H14N2O3/c1-2-5-13-7-9(12)10-6-8-3-4-11-14-8/h3-4H,2,5-7H2,1H3,(H,10,12). The summed E-state index contributed by atoms with van der Waals surface area (Å²) in [6, 6.07) is 1.70. The highest BCUT2D eigenvalue weighted by Crippen LogP contribution is 1.94. The molecule has 0 bridgehead atoms. The molecular weight excluding hydrogens is 184 g/mol. The fraction of sp³-hybridized carbons (Fsp3) is 0.556. The van der Waals surface area contributed by atoms with E-state index in [4.69, 9.17) is 9.26 Å². The lowest BCUT2D eigenvalue weighted by molar-refractivity contribution is -0.125. The van der Waals surface area contributed by atoms with E-state index in [1.54, 1.807) is 6.07 Å². The van der Waals surface area contributed by atoms with Gasteiger partial charge in [0.05, 0.1) is 12.7 Å². The monoisotopic (exact) mass is 198 g/mol. The van der Waals surface area contributed by atoms with E-state index in [0.717, 1.165) is 6.42 Å². The Bertz CT molecular complexity index is 259. The van der Waals surface area contributed by atoms with Crippen LogP contribution in [0.5, 0.6) is 0 Å². The number of nitrogens with zero attached hydrogens (tertiary/aromatic N) is 1. The Morgan fingerprint density at radius 3 is 3.21 bits per heavy atom. The van der Waals surface area contributed by atoms with E-state index < -0.39 is 0 Å². The first-order valence-corrected chi connectivity index (χ1v) is 4.57. The van der Waals surface area contributed by atoms with Gasteiger partial charge in [0.25, 0.3) is 0 Å². The third-order valence-electron chi connectivity index (χ3n) is 1.53. The highest BCUT2D eigenvalue weighted by molar-refractivity contribution is 5.77. The molecule has 1 N–H and O–H groups in total. The molecule has 0 radical (unpaired) electrons. The molecule has 1 heterocycles. The second-order valence-electron chi connectivity index (χ2n) is 2.81. The number of amides is 1. The molecule has 0 aromatic carbocycles. The van der Waals surface area contributed by atoms with Crippen LogP contribution in [0.25, 0.3) is 0 Å². The Morgan fingerprint density at radius 1 is 1.71 bits per heavy atom. The van der Waals surface area contributed by atoms with Crippen LogP contribution in [0.2, 0.25) is 0 Å². The smallest absolute Gasteiger partial charge is 0.246 e. The SMILES string of the molecule is CCCOCC(=O)NCc1ccno1. The number of nitrogens with one attached hydrogen (secondary N) is 1. The molecule has 5 heteroatoms. The molecule has 0 spiro atoms. The van der Waals surface area contributed by atoms with Crippen molar-refractivity contribution in [2.45, 2.75) is 19.9 Å². The second kappa shape index (κ2) is 6.15. The summed E-state index contributed by atoms with van der Waals surface area (Å²) < 4.78 is 9.86. The minimum Gasteiger partial charge on any atom is -0.372 e. The number of hydrogen-bond donors (Lipinski definition) is 1. The molecule has 1 aromatic heterocycles. The van der Waals surface area contributed by atoms with Gasteiger partial charge in [0, 0.05) is 12.7 Å². The zero-order valence-corrected chi connectivity index (χ0v) is 8.16. The molecule has 0 unspecified atom stereocenters. The van der Waals surface area contributed by atoms with Crippen LogP contribution in [-0.4, -0.2) is 24.3 Å². The molecule has 1 amide bonds. The van der Waals surface area contributed by atoms with E-state index in [1.165, 1.54) is 6.20 Å². The molecule has 1 rings (SSSR count). The van der Waals surface area contributed by atoms with Gasteiger partial charge >= 0.3 is 0 Å². The minimum absolute atomic E-state index is 0.0992. The van der Waals surface area contributed by atoms with Crippen molar-refractivity contribution in [1.29, 1.82) is 0 Å². The summed E-state index contributed by atoms with van der Waals surface area (Å²) in [5.74, 6) is 0.490. The lowest BCUT2D eigenvalue weighted by atomic mass is 10.4. The predicted molar refractivity (Wildman–Crippen MR) is 49.5 cm³/mol. The largest absolute Gasteiger partial charge is 0.372 e. The molecular formula is C9H14N2O3. The molecule has 1 aromatic rings. The summed E-state index contributed by atoms with van der Waals surface area (Å²) in [7, 11) is 0. The van der Waals surface area contributed by atoms with Crippen LogP contribution in [0.3, 0.4) is 0 Å². The highest BCUT2D eigenvalue weighted by atomic mass is 16.5. The van der Waals surface area contributed by atoms with Gasteiger partial charge in [0.2, 0.25) is 5.91 Å². The van der Waals surface area contributed by atoms with Crippen LogP contribution < -0.4 is 5.32 Å². The summed E-state index contributed by atoms with van der Waals surface area (Å²) in [5.41, 5.74) is 0. The number of carbonyl (C=O) groups excluding carboxylic acids is 1. The quantitative estimate of drug-likeness (QED) is 0.684. The Hall–Kier alpha value is -1.36. The van der Waals surface area contributed by atoms with Gasteiger partial charge in [-0.05, 0) is 6.42 Å². The van der Waals surface area contributed by atoms with E-state index in [0.29, 0.717) is 18.9 Å². The molecule has 0 aliphatic carbocycles. The molecule has 0 saturated heterocycles. The maximum Gasteiger partial charge on any atom is 0.246 e. The van der Waals surface area contributed by atoms with Crippen LogP contribution in [-0.2, 0) is 16.1 Å². The van der Waals surface area contributed by atoms with Gasteiger partial charge < -0.3 is 14.6 Å². The minimum atomic E-state index is -0.144. The Morgan fingerprint density at radius 2 is 2.57 bits per heavy atom. The lowest BCUT2D eigenvalue weighted by Gasteiger charge is -2.02. The Kier molecular flexibility index (Phi) is 4.71. The fourth-order valence-corrected chi connectivity index (χ4v) is 0.879. The van der Waals surface area contributed by atoms with Gasteiger partial charge in [-0.25, -0.2) is 0 Å². The topological polar surface area (TPSA) is 64.4 Å². The second-order valence-corrected chi connectivity index (χ2v) is 2.81.